The van der Waals surface area contributed by atoms with E-state index >= 15 is 0 Å². The summed E-state index contributed by atoms with van der Waals surface area (Å²) in [6, 6.07) is 0. The molecule has 8 heteroatoms. The fourth-order valence-corrected chi connectivity index (χ4v) is 1.78. The summed E-state index contributed by atoms with van der Waals surface area (Å²) in [6.45, 7) is 0.849. The number of hydrogen-bond donors (Lipinski definition) is 2. The van der Waals surface area contributed by atoms with Gasteiger partial charge in [0.25, 0.3) is 0 Å². The largest absolute Gasteiger partial charge is 0.550 e. The molecule has 132 valence electrons. The van der Waals surface area contributed by atoms with Gasteiger partial charge in [-0.15, -0.1) is 0 Å². The third-order valence-corrected chi connectivity index (χ3v) is 2.32. The monoisotopic (exact) mass is 322 g/mol. The Morgan fingerprint density at radius 1 is 0.773 bits per heavy atom. The minimum Gasteiger partial charge on any atom is -0.550 e. The van der Waals surface area contributed by atoms with Crippen molar-refractivity contribution in [2.75, 3.05) is 55.4 Å². The van der Waals surface area contributed by atoms with Crippen molar-refractivity contribution >= 4 is 11.9 Å². The minimum absolute atomic E-state index is 0.282. The summed E-state index contributed by atoms with van der Waals surface area (Å²) < 4.78 is 1.10. The highest BCUT2D eigenvalue weighted by Crippen LogP contribution is 1.98. The zero-order valence-electron chi connectivity index (χ0n) is 14.4. The van der Waals surface area contributed by atoms with Gasteiger partial charge < -0.3 is 39.0 Å². The predicted molar refractivity (Wildman–Crippen MR) is 77.1 cm³/mol. The summed E-state index contributed by atoms with van der Waals surface area (Å²) in [5.74, 6) is -2.41. The molecule has 22 heavy (non-hydrogen) atoms. The molecule has 0 saturated heterocycles. The van der Waals surface area contributed by atoms with Crippen LogP contribution in [0.1, 0.15) is 12.8 Å². The average molecular weight is 322 g/mol. The van der Waals surface area contributed by atoms with Crippen LogP contribution in [0, 0.1) is 0 Å². The van der Waals surface area contributed by atoms with Gasteiger partial charge in [-0.3, -0.25) is 0 Å². The first-order valence-corrected chi connectivity index (χ1v) is 6.99. The Labute approximate surface area is 132 Å². The smallest absolute Gasteiger partial charge is 0.108 e. The molecular weight excluding hydrogens is 292 g/mol. The molecule has 0 rings (SSSR count). The van der Waals surface area contributed by atoms with E-state index in [1.807, 2.05) is 42.3 Å². The van der Waals surface area contributed by atoms with E-state index in [-0.39, 0.29) is 12.8 Å². The van der Waals surface area contributed by atoms with Crippen molar-refractivity contribution in [1.82, 2.24) is 0 Å². The zero-order chi connectivity index (χ0) is 18.1. The standard InChI is InChI=1S/2C7H15NO3/c2*1-8(2,3)5-6(9)4-7(10)11/h2*6,9H,4-5H2,1-3H3/t2*6-/m00/s1. The highest BCUT2D eigenvalue weighted by molar-refractivity contribution is 5.65. The number of carboxylic acids is 2. The number of aliphatic hydroxyl groups excluding tert-OH is 2. The lowest BCUT2D eigenvalue weighted by molar-refractivity contribution is -0.873. The second-order valence-electron chi connectivity index (χ2n) is 7.41. The lowest BCUT2D eigenvalue weighted by Crippen LogP contribution is -2.43. The summed E-state index contributed by atoms with van der Waals surface area (Å²) in [4.78, 5) is 20.0. The van der Waals surface area contributed by atoms with Crippen LogP contribution in [0.25, 0.3) is 0 Å². The third-order valence-electron chi connectivity index (χ3n) is 2.32. The predicted octanol–water partition coefficient (Wildman–Crippen LogP) is -3.61. The number of likely N-dealkylation sites (N-methyl/N-ethyl adjacent to an activating group) is 2. The molecule has 0 bridgehead atoms. The van der Waals surface area contributed by atoms with Crippen LogP contribution in [0.3, 0.4) is 0 Å². The van der Waals surface area contributed by atoms with Crippen LogP contribution in [-0.2, 0) is 9.59 Å². The van der Waals surface area contributed by atoms with Crippen molar-refractivity contribution in [3.05, 3.63) is 0 Å². The van der Waals surface area contributed by atoms with E-state index in [1.54, 1.807) is 0 Å². The lowest BCUT2D eigenvalue weighted by atomic mass is 10.2. The third kappa shape index (κ3) is 21.1. The zero-order valence-corrected chi connectivity index (χ0v) is 14.4. The number of rotatable bonds is 8. The lowest BCUT2D eigenvalue weighted by Gasteiger charge is -2.26. The Hall–Kier alpha value is -1.22. The van der Waals surface area contributed by atoms with Crippen molar-refractivity contribution in [2.24, 2.45) is 0 Å². The SMILES string of the molecule is C[N+](C)(C)C[C@@H](O)CC(=O)[O-].C[N+](C)(C)C[C@@H](O)CC(=O)[O-]. The normalized spacial score (nSPS) is 14.5. The number of quaternary nitrogens is 2. The fraction of sp³-hybridized carbons (Fsp3) is 0.857. The van der Waals surface area contributed by atoms with Gasteiger partial charge in [0.1, 0.15) is 25.3 Å². The Morgan fingerprint density at radius 2 is 1.00 bits per heavy atom. The summed E-state index contributed by atoms with van der Waals surface area (Å²) in [7, 11) is 11.3. The average Bonchev–Trinajstić information content (AvgIpc) is 2.07. The van der Waals surface area contributed by atoms with Crippen molar-refractivity contribution in [2.45, 2.75) is 25.0 Å². The second kappa shape index (κ2) is 9.73. The van der Waals surface area contributed by atoms with Gasteiger partial charge in [0, 0.05) is 24.8 Å². The fourth-order valence-electron chi connectivity index (χ4n) is 1.78. The van der Waals surface area contributed by atoms with Crippen molar-refractivity contribution in [3.8, 4) is 0 Å². The molecular formula is C14H30N2O6. The van der Waals surface area contributed by atoms with E-state index in [9.17, 15) is 19.8 Å². The molecule has 0 radical (unpaired) electrons. The van der Waals surface area contributed by atoms with E-state index in [1.165, 1.54) is 0 Å². The number of hydrogen-bond acceptors (Lipinski definition) is 6. The minimum atomic E-state index is -1.20. The van der Waals surface area contributed by atoms with Crippen LogP contribution in [-0.4, -0.2) is 98.7 Å². The number of carboxylic acid groups (broad SMARTS) is 2. The molecule has 0 aromatic rings. The van der Waals surface area contributed by atoms with E-state index in [0.29, 0.717) is 22.1 Å². The van der Waals surface area contributed by atoms with Crippen LogP contribution in [0.5, 0.6) is 0 Å². The molecule has 0 aliphatic rings. The molecule has 0 fully saturated rings. The van der Waals surface area contributed by atoms with Crippen molar-refractivity contribution in [1.29, 1.82) is 0 Å². The molecule has 0 unspecified atom stereocenters. The summed E-state index contributed by atoms with van der Waals surface area (Å²) >= 11 is 0. The highest BCUT2D eigenvalue weighted by Gasteiger charge is 2.15. The summed E-state index contributed by atoms with van der Waals surface area (Å²) in [6.07, 6.45) is -2.18. The Balaban J connectivity index is 0. The maximum absolute atomic E-state index is 10.0. The molecule has 0 aliphatic heterocycles. The quantitative estimate of drug-likeness (QED) is 0.445. The van der Waals surface area contributed by atoms with Gasteiger partial charge >= 0.3 is 0 Å². The number of carbonyl (C=O) groups excluding carboxylic acids is 2. The van der Waals surface area contributed by atoms with E-state index in [2.05, 4.69) is 0 Å². The van der Waals surface area contributed by atoms with E-state index in [4.69, 9.17) is 10.2 Å². The molecule has 0 amide bonds. The highest BCUT2D eigenvalue weighted by atomic mass is 16.4. The van der Waals surface area contributed by atoms with Crippen LogP contribution >= 0.6 is 0 Å². The molecule has 2 atom stereocenters. The van der Waals surface area contributed by atoms with Crippen molar-refractivity contribution < 1.29 is 39.0 Å². The molecule has 2 N–H and O–H groups in total. The van der Waals surface area contributed by atoms with Crippen LogP contribution in [0.2, 0.25) is 0 Å². The van der Waals surface area contributed by atoms with E-state index in [0.717, 1.165) is 0 Å². The Morgan fingerprint density at radius 3 is 1.14 bits per heavy atom. The first-order valence-electron chi connectivity index (χ1n) is 6.99. The molecule has 0 aromatic carbocycles. The van der Waals surface area contributed by atoms with Crippen molar-refractivity contribution in [3.63, 3.8) is 0 Å². The van der Waals surface area contributed by atoms with Gasteiger partial charge in [-0.05, 0) is 0 Å². The first kappa shape index (κ1) is 23.1. The van der Waals surface area contributed by atoms with Gasteiger partial charge in [-0.1, -0.05) is 0 Å². The van der Waals surface area contributed by atoms with Gasteiger partial charge in [0.05, 0.1) is 42.3 Å². The molecule has 0 spiro atoms. The maximum atomic E-state index is 10.0. The number of aliphatic hydroxyl groups is 2. The molecule has 0 heterocycles. The summed E-state index contributed by atoms with van der Waals surface area (Å²) in [5, 5.41) is 38.3. The van der Waals surface area contributed by atoms with Gasteiger partial charge in [0.15, 0.2) is 0 Å². The van der Waals surface area contributed by atoms with Crippen LogP contribution in [0.15, 0.2) is 0 Å². The molecule has 0 aromatic heterocycles. The van der Waals surface area contributed by atoms with Gasteiger partial charge in [-0.2, -0.15) is 0 Å². The first-order chi connectivity index (χ1) is 9.62. The summed E-state index contributed by atoms with van der Waals surface area (Å²) in [5.41, 5.74) is 0. The topological polar surface area (TPSA) is 121 Å². The Bertz CT molecular complexity index is 312. The van der Waals surface area contributed by atoms with Crippen LogP contribution < -0.4 is 10.2 Å². The molecule has 0 aliphatic carbocycles. The maximum Gasteiger partial charge on any atom is 0.108 e. The number of carbonyl (C=O) groups is 2. The number of aliphatic carboxylic acids is 2. The Kier molecular flexibility index (Phi) is 10.2. The van der Waals surface area contributed by atoms with Gasteiger partial charge in [0.2, 0.25) is 0 Å². The second-order valence-corrected chi connectivity index (χ2v) is 7.41. The number of nitrogens with zero attached hydrogens (tertiary/aromatic N) is 2. The van der Waals surface area contributed by atoms with Gasteiger partial charge in [-0.25, -0.2) is 0 Å². The molecule has 0 saturated carbocycles. The van der Waals surface area contributed by atoms with E-state index < -0.39 is 24.1 Å². The molecule has 8 nitrogen and oxygen atoms in total. The van der Waals surface area contributed by atoms with Crippen LogP contribution in [0.4, 0.5) is 0 Å².